The third-order valence-corrected chi connectivity index (χ3v) is 15.1. The van der Waals surface area contributed by atoms with Gasteiger partial charge in [0.1, 0.15) is 42.3 Å². The van der Waals surface area contributed by atoms with Crippen LogP contribution in [-0.2, 0) is 47.9 Å². The number of thiocarbonyl (C=S) groups is 1. The van der Waals surface area contributed by atoms with Gasteiger partial charge in [-0.2, -0.15) is 18.4 Å². The highest BCUT2D eigenvalue weighted by Crippen LogP contribution is 2.41. The summed E-state index contributed by atoms with van der Waals surface area (Å²) in [6.07, 6.45) is -4.93. The number of halogens is 3. The zero-order chi connectivity index (χ0) is 57.0. The van der Waals surface area contributed by atoms with Gasteiger partial charge >= 0.3 is 6.18 Å². The van der Waals surface area contributed by atoms with E-state index in [0.29, 0.717) is 34.9 Å². The molecular formula is C58H64F3N7O9S2. The molecule has 0 aliphatic carbocycles. The van der Waals surface area contributed by atoms with Crippen LogP contribution in [0.3, 0.4) is 0 Å². The van der Waals surface area contributed by atoms with Crippen molar-refractivity contribution in [2.75, 3.05) is 56.0 Å². The summed E-state index contributed by atoms with van der Waals surface area (Å²) in [7, 11) is 0. The number of anilines is 2. The first kappa shape index (κ1) is 58.2. The van der Waals surface area contributed by atoms with Gasteiger partial charge in [-0.15, -0.1) is 11.3 Å². The van der Waals surface area contributed by atoms with Gasteiger partial charge in [0.25, 0.3) is 11.8 Å². The highest BCUT2D eigenvalue weighted by atomic mass is 32.1. The quantitative estimate of drug-likeness (QED) is 0.0544. The molecule has 0 saturated carbocycles. The minimum Gasteiger partial charge on any atom is -0.491 e. The lowest BCUT2D eigenvalue weighted by Crippen LogP contribution is -2.55. The van der Waals surface area contributed by atoms with Crippen LogP contribution in [0, 0.1) is 24.2 Å². The number of carbonyl (C=O) groups is 4. The number of aryl methyl sites for hydroxylation is 1. The maximum Gasteiger partial charge on any atom is 0.417 e. The fourth-order valence-corrected chi connectivity index (χ4v) is 11.4. The number of carbonyl (C=O) groups excluding carboxylic acids is 4. The lowest BCUT2D eigenvalue weighted by Gasteiger charge is -2.35. The van der Waals surface area contributed by atoms with E-state index in [2.05, 4.69) is 10.3 Å². The molecule has 0 radical (unpaired) electrons. The molecule has 4 aromatic carbocycles. The van der Waals surface area contributed by atoms with E-state index >= 15 is 0 Å². The summed E-state index contributed by atoms with van der Waals surface area (Å²) < 4.78 is 71.5. The molecule has 0 spiro atoms. The molecule has 1 unspecified atom stereocenters. The molecule has 8 rings (SSSR count). The number of rotatable bonds is 21. The van der Waals surface area contributed by atoms with Crippen molar-refractivity contribution >= 4 is 63.7 Å². The molecule has 2 fully saturated rings. The Morgan fingerprint density at radius 3 is 2.22 bits per heavy atom. The van der Waals surface area contributed by atoms with Gasteiger partial charge in [-0.3, -0.25) is 24.1 Å². The predicted molar refractivity (Wildman–Crippen MR) is 296 cm³/mol. The van der Waals surface area contributed by atoms with Gasteiger partial charge in [-0.1, -0.05) is 44.2 Å². The molecule has 4 amide bonds. The van der Waals surface area contributed by atoms with Gasteiger partial charge in [0.05, 0.1) is 77.1 Å². The van der Waals surface area contributed by atoms with Gasteiger partial charge in [0, 0.05) is 42.9 Å². The smallest absolute Gasteiger partial charge is 0.417 e. The van der Waals surface area contributed by atoms with Crippen molar-refractivity contribution in [3.05, 3.63) is 124 Å². The van der Waals surface area contributed by atoms with Crippen LogP contribution in [0.15, 0.2) is 90.4 Å². The summed E-state index contributed by atoms with van der Waals surface area (Å²) in [5, 5.41) is 12.3. The minimum absolute atomic E-state index is 0.0173. The number of benzene rings is 4. The first-order valence-corrected chi connectivity index (χ1v) is 27.3. The highest BCUT2D eigenvalue weighted by Gasteiger charge is 2.51. The monoisotopic (exact) mass is 1120 g/mol. The van der Waals surface area contributed by atoms with Crippen molar-refractivity contribution in [1.29, 1.82) is 5.26 Å². The summed E-state index contributed by atoms with van der Waals surface area (Å²) in [5.74, 6) is -0.542. The van der Waals surface area contributed by atoms with Crippen LogP contribution in [0.25, 0.3) is 10.4 Å². The molecule has 1 aromatic heterocycles. The second kappa shape index (κ2) is 24.2. The fourth-order valence-electron chi connectivity index (χ4n) is 10.1. The Morgan fingerprint density at radius 2 is 1.58 bits per heavy atom. The Bertz CT molecular complexity index is 3120. The van der Waals surface area contributed by atoms with Gasteiger partial charge in [-0.05, 0) is 125 Å². The standard InChI is InChI=1S/C58H64F3N7O9S2/c1-35(2)49(66-32-40-11-9-10-12-45(40)52(66)70)53(71)65-33-44(77-56(4,5)6)29-47(65)51(69)63-31-39-14-13-37(50-36(3)64-34-79-50)27-48(39)76-26-24-74-22-21-73-23-25-75-43-19-17-41(18-20-43)68-55(78)67(54(72)57(68,7)8)42-16-15-38(30-62)46(28-42)58(59,60)61/h9-20,27-28,34-35,44,47,49H,21-26,29,31-33H2,1-8H3,(H,63,69)/t44-,47+,49?/m1/s1. The van der Waals surface area contributed by atoms with E-state index < -0.39 is 52.5 Å². The van der Waals surface area contributed by atoms with Gasteiger partial charge < -0.3 is 43.7 Å². The first-order chi connectivity index (χ1) is 37.5. The molecular weight excluding hydrogens is 1060 g/mol. The first-order valence-electron chi connectivity index (χ1n) is 26.0. The maximum atomic E-state index is 14.7. The van der Waals surface area contributed by atoms with E-state index in [1.54, 1.807) is 70.5 Å². The van der Waals surface area contributed by atoms with Crippen LogP contribution >= 0.6 is 23.6 Å². The van der Waals surface area contributed by atoms with Crippen LogP contribution in [0.4, 0.5) is 24.5 Å². The van der Waals surface area contributed by atoms with E-state index in [1.807, 2.05) is 77.9 Å². The van der Waals surface area contributed by atoms with Crippen molar-refractivity contribution < 1.29 is 56.0 Å². The number of fused-ring (bicyclic) bond motifs is 1. The Labute approximate surface area is 467 Å². The lowest BCUT2D eigenvalue weighted by molar-refractivity contribution is -0.143. The number of thiazole rings is 1. The lowest BCUT2D eigenvalue weighted by atomic mass is 10.0. The molecule has 3 aliphatic rings. The van der Waals surface area contributed by atoms with Gasteiger partial charge in [0.15, 0.2) is 5.11 Å². The predicted octanol–water partition coefficient (Wildman–Crippen LogP) is 9.50. The number of nitriles is 1. The van der Waals surface area contributed by atoms with Crippen LogP contribution in [0.5, 0.6) is 11.5 Å². The molecule has 3 aliphatic heterocycles. The van der Waals surface area contributed by atoms with Crippen molar-refractivity contribution in [2.24, 2.45) is 5.92 Å². The summed E-state index contributed by atoms with van der Waals surface area (Å²) in [6.45, 7) is 16.9. The molecule has 418 valence electrons. The summed E-state index contributed by atoms with van der Waals surface area (Å²) >= 11 is 7.16. The van der Waals surface area contributed by atoms with E-state index in [0.717, 1.165) is 38.7 Å². The molecule has 79 heavy (non-hydrogen) atoms. The summed E-state index contributed by atoms with van der Waals surface area (Å²) in [5.41, 5.74) is 2.66. The Balaban J connectivity index is 0.821. The number of nitrogens with one attached hydrogen (secondary N) is 1. The number of hydrogen-bond donors (Lipinski definition) is 1. The van der Waals surface area contributed by atoms with Gasteiger partial charge in [0.2, 0.25) is 11.8 Å². The zero-order valence-corrected chi connectivity index (χ0v) is 47.0. The molecule has 4 heterocycles. The molecule has 3 atom stereocenters. The van der Waals surface area contributed by atoms with Crippen molar-refractivity contribution in [3.63, 3.8) is 0 Å². The number of ether oxygens (including phenoxy) is 5. The minimum atomic E-state index is -4.81. The van der Waals surface area contributed by atoms with Crippen molar-refractivity contribution in [2.45, 2.75) is 110 Å². The van der Waals surface area contributed by atoms with Crippen LogP contribution in [0.1, 0.15) is 93.2 Å². The highest BCUT2D eigenvalue weighted by molar-refractivity contribution is 7.81. The number of aromatic nitrogens is 1. The molecule has 16 nitrogen and oxygen atoms in total. The Morgan fingerprint density at radius 1 is 0.911 bits per heavy atom. The number of likely N-dealkylation sites (tertiary alicyclic amines) is 1. The topological polar surface area (TPSA) is 176 Å². The molecule has 21 heteroatoms. The molecule has 0 bridgehead atoms. The van der Waals surface area contributed by atoms with Crippen molar-refractivity contribution in [3.8, 4) is 28.0 Å². The average Bonchev–Trinajstić information content (AvgIpc) is 4.30. The number of alkyl halides is 3. The average molecular weight is 1120 g/mol. The SMILES string of the molecule is Cc1ncsc1-c1ccc(CNC(=O)[C@@H]2C[C@@H](OC(C)(C)C)CN2C(=O)C(C(C)C)N2Cc3ccccc3C2=O)c(OCCOCCOCCOc2ccc(N3C(=S)N(c4ccc(C#N)c(C(F)(F)F)c4)C(=O)C3(C)C)cc2)c1. The summed E-state index contributed by atoms with van der Waals surface area (Å²) in [6, 6.07) is 22.9. The molecule has 1 N–H and O–H groups in total. The second-order valence-corrected chi connectivity index (χ2v) is 22.5. The van der Waals surface area contributed by atoms with Crippen molar-refractivity contribution in [1.82, 2.24) is 20.1 Å². The van der Waals surface area contributed by atoms with E-state index in [9.17, 15) is 37.6 Å². The van der Waals surface area contributed by atoms with Gasteiger partial charge in [-0.25, -0.2) is 4.98 Å². The van der Waals surface area contributed by atoms with E-state index in [4.69, 9.17) is 35.9 Å². The maximum absolute atomic E-state index is 14.7. The number of hydrogen-bond acceptors (Lipinski definition) is 13. The van der Waals surface area contributed by atoms with Crippen LogP contribution < -0.4 is 24.6 Å². The zero-order valence-electron chi connectivity index (χ0n) is 45.3. The third-order valence-electron chi connectivity index (χ3n) is 13.8. The molecule has 5 aromatic rings. The van der Waals surface area contributed by atoms with Crippen LogP contribution in [-0.4, -0.2) is 119 Å². The third kappa shape index (κ3) is 13.1. The van der Waals surface area contributed by atoms with E-state index in [1.165, 1.54) is 17.4 Å². The number of amides is 4. The Hall–Kier alpha value is -6.96. The second-order valence-electron chi connectivity index (χ2n) is 21.3. The summed E-state index contributed by atoms with van der Waals surface area (Å²) in [4.78, 5) is 67.5. The Kier molecular flexibility index (Phi) is 17.8. The van der Waals surface area contributed by atoms with Crippen LogP contribution in [0.2, 0.25) is 0 Å². The normalized spacial score (nSPS) is 17.6. The fraction of sp³-hybridized carbons (Fsp3) is 0.431. The largest absolute Gasteiger partial charge is 0.491 e. The number of nitrogens with zero attached hydrogens (tertiary/aromatic N) is 6. The van der Waals surface area contributed by atoms with E-state index in [-0.39, 0.29) is 93.6 Å². The molecule has 2 saturated heterocycles.